The lowest BCUT2D eigenvalue weighted by atomic mass is 10.1. The van der Waals surface area contributed by atoms with Crippen LogP contribution in [0.1, 0.15) is 68.2 Å². The van der Waals surface area contributed by atoms with E-state index < -0.39 is 46.5 Å². The summed E-state index contributed by atoms with van der Waals surface area (Å²) in [7, 11) is 0. The highest BCUT2D eigenvalue weighted by Gasteiger charge is 2.36. The lowest BCUT2D eigenvalue weighted by Crippen LogP contribution is -2.18. The van der Waals surface area contributed by atoms with Crippen molar-refractivity contribution in [3.05, 3.63) is 44.2 Å². The highest BCUT2D eigenvalue weighted by Crippen LogP contribution is 2.36. The molecule has 0 atom stereocenters. The Morgan fingerprint density at radius 1 is 1.23 bits per heavy atom. The van der Waals surface area contributed by atoms with Crippen LogP contribution in [-0.4, -0.2) is 45.2 Å². The molecule has 3 heterocycles. The van der Waals surface area contributed by atoms with Crippen LogP contribution in [0.5, 0.6) is 0 Å². The molecule has 1 N–H and O–H groups in total. The van der Waals surface area contributed by atoms with Gasteiger partial charge in [0.15, 0.2) is 11.3 Å². The molecule has 0 bridgehead atoms. The number of hydrogen-bond donors (Lipinski definition) is 1. The minimum Gasteiger partial charge on any atom is -0.462 e. The minimum absolute atomic E-state index is 0.0188. The molecule has 0 spiro atoms. The third-order valence-corrected chi connectivity index (χ3v) is 6.08. The number of carbonyl (C=O) groups excluding carboxylic acids is 3. The van der Waals surface area contributed by atoms with Gasteiger partial charge in [0.2, 0.25) is 0 Å². The monoisotopic (exact) mass is 532 g/mol. The zero-order valence-corrected chi connectivity index (χ0v) is 20.7. The van der Waals surface area contributed by atoms with E-state index in [2.05, 4.69) is 15.4 Å². The van der Waals surface area contributed by atoms with E-state index in [1.807, 2.05) is 0 Å². The van der Waals surface area contributed by atoms with E-state index in [4.69, 9.17) is 21.1 Å². The summed E-state index contributed by atoms with van der Waals surface area (Å²) in [5, 5.41) is 5.65. The summed E-state index contributed by atoms with van der Waals surface area (Å²) in [6, 6.07) is 0.770. The van der Waals surface area contributed by atoms with Crippen LogP contribution in [0.4, 0.5) is 18.2 Å². The fourth-order valence-corrected chi connectivity index (χ4v) is 4.46. The molecule has 0 radical (unpaired) electrons. The molecule has 0 aliphatic heterocycles. The number of amides is 1. The van der Waals surface area contributed by atoms with Crippen LogP contribution < -0.4 is 5.32 Å². The molecule has 0 saturated heterocycles. The number of fused-ring (bicyclic) bond motifs is 1. The molecule has 0 aliphatic carbocycles. The predicted molar refractivity (Wildman–Crippen MR) is 121 cm³/mol. The smallest absolute Gasteiger partial charge is 0.433 e. The van der Waals surface area contributed by atoms with Crippen LogP contribution in [-0.2, 0) is 15.7 Å². The standard InChI is InChI=1S/C21H20ClF3N4O5S/c1-6-33-20(32)15-10(5)12(19(31)34-8(2)3)18(35-15)27-17(30)14-13(22)16-26-9(4)7-11(21(23,24)25)29(16)28-14/h7-8H,6H2,1-5H3,(H,27,30). The van der Waals surface area contributed by atoms with E-state index in [-0.39, 0.29) is 39.0 Å². The first-order valence-electron chi connectivity index (χ1n) is 10.2. The van der Waals surface area contributed by atoms with Crippen molar-refractivity contribution in [2.75, 3.05) is 11.9 Å². The van der Waals surface area contributed by atoms with Crippen LogP contribution in [0.25, 0.3) is 5.65 Å². The van der Waals surface area contributed by atoms with Crippen molar-refractivity contribution in [2.24, 2.45) is 0 Å². The second-order valence-corrected chi connectivity index (χ2v) is 8.97. The molecule has 188 valence electrons. The average molecular weight is 533 g/mol. The molecule has 0 aromatic carbocycles. The number of carbonyl (C=O) groups is 3. The lowest BCUT2D eigenvalue weighted by Gasteiger charge is -2.10. The first-order valence-corrected chi connectivity index (χ1v) is 11.4. The minimum atomic E-state index is -4.79. The zero-order valence-electron chi connectivity index (χ0n) is 19.2. The second kappa shape index (κ2) is 9.82. The van der Waals surface area contributed by atoms with E-state index in [1.54, 1.807) is 20.8 Å². The van der Waals surface area contributed by atoms with Crippen molar-refractivity contribution in [3.8, 4) is 0 Å². The summed E-state index contributed by atoms with van der Waals surface area (Å²) in [6.45, 7) is 7.75. The molecule has 3 aromatic heterocycles. The van der Waals surface area contributed by atoms with E-state index in [1.165, 1.54) is 13.8 Å². The summed E-state index contributed by atoms with van der Waals surface area (Å²) < 4.78 is 51.1. The Labute approximate surface area is 206 Å². The van der Waals surface area contributed by atoms with Crippen molar-refractivity contribution < 1.29 is 37.0 Å². The van der Waals surface area contributed by atoms with Gasteiger partial charge in [0, 0.05) is 5.69 Å². The largest absolute Gasteiger partial charge is 0.462 e. The normalized spacial score (nSPS) is 11.7. The number of thiophene rings is 1. The number of rotatable bonds is 6. The molecule has 0 saturated carbocycles. The number of esters is 2. The molecular formula is C21H20ClF3N4O5S. The molecule has 1 amide bonds. The summed E-state index contributed by atoms with van der Waals surface area (Å²) in [5.74, 6) is -2.53. The van der Waals surface area contributed by atoms with Gasteiger partial charge in [0.1, 0.15) is 20.6 Å². The van der Waals surface area contributed by atoms with Gasteiger partial charge >= 0.3 is 18.1 Å². The summed E-state index contributed by atoms with van der Waals surface area (Å²) in [6.07, 6.45) is -5.29. The van der Waals surface area contributed by atoms with Gasteiger partial charge in [-0.3, -0.25) is 4.79 Å². The van der Waals surface area contributed by atoms with Crippen LogP contribution in [0.15, 0.2) is 6.07 Å². The van der Waals surface area contributed by atoms with Crippen molar-refractivity contribution in [1.82, 2.24) is 14.6 Å². The first-order chi connectivity index (χ1) is 16.3. The molecule has 0 fully saturated rings. The number of aryl methyl sites for hydroxylation is 1. The number of alkyl halides is 3. The molecular weight excluding hydrogens is 513 g/mol. The van der Waals surface area contributed by atoms with E-state index >= 15 is 0 Å². The highest BCUT2D eigenvalue weighted by atomic mass is 35.5. The van der Waals surface area contributed by atoms with Crippen molar-refractivity contribution in [2.45, 2.75) is 46.9 Å². The maximum absolute atomic E-state index is 13.5. The summed E-state index contributed by atoms with van der Waals surface area (Å²) in [5.41, 5.74) is -1.94. The molecule has 0 aliphatic rings. The fraction of sp³-hybridized carbons (Fsp3) is 0.381. The molecule has 14 heteroatoms. The second-order valence-electron chi connectivity index (χ2n) is 7.57. The summed E-state index contributed by atoms with van der Waals surface area (Å²) >= 11 is 6.93. The van der Waals surface area contributed by atoms with E-state index in [9.17, 15) is 27.6 Å². The lowest BCUT2D eigenvalue weighted by molar-refractivity contribution is -0.142. The Bertz CT molecular complexity index is 1330. The first kappa shape index (κ1) is 26.4. The van der Waals surface area contributed by atoms with Gasteiger partial charge in [-0.1, -0.05) is 11.6 Å². The number of anilines is 1. The van der Waals surface area contributed by atoms with Crippen molar-refractivity contribution >= 4 is 51.4 Å². The fourth-order valence-electron chi connectivity index (χ4n) is 3.13. The van der Waals surface area contributed by atoms with Crippen LogP contribution in [0.2, 0.25) is 5.02 Å². The number of nitrogens with one attached hydrogen (secondary N) is 1. The molecule has 3 aromatic rings. The summed E-state index contributed by atoms with van der Waals surface area (Å²) in [4.78, 5) is 42.1. The Morgan fingerprint density at radius 2 is 1.89 bits per heavy atom. The molecule has 9 nitrogen and oxygen atoms in total. The van der Waals surface area contributed by atoms with Gasteiger partial charge in [-0.25, -0.2) is 19.1 Å². The number of halogens is 4. The number of hydrogen-bond acceptors (Lipinski definition) is 8. The predicted octanol–water partition coefficient (Wildman–Crippen LogP) is 5.07. The van der Waals surface area contributed by atoms with Crippen molar-refractivity contribution in [3.63, 3.8) is 0 Å². The van der Waals surface area contributed by atoms with E-state index in [0.29, 0.717) is 4.52 Å². The van der Waals surface area contributed by atoms with Gasteiger partial charge in [0.05, 0.1) is 18.3 Å². The molecule has 3 rings (SSSR count). The van der Waals surface area contributed by atoms with Gasteiger partial charge in [0.25, 0.3) is 5.91 Å². The zero-order chi connectivity index (χ0) is 26.2. The number of aromatic nitrogens is 3. The maximum Gasteiger partial charge on any atom is 0.433 e. The average Bonchev–Trinajstić information content (AvgIpc) is 3.23. The van der Waals surface area contributed by atoms with Gasteiger partial charge in [-0.15, -0.1) is 11.3 Å². The topological polar surface area (TPSA) is 112 Å². The highest BCUT2D eigenvalue weighted by molar-refractivity contribution is 7.18. The Balaban J connectivity index is 2.09. The molecule has 0 unspecified atom stereocenters. The van der Waals surface area contributed by atoms with E-state index in [0.717, 1.165) is 17.4 Å². The third kappa shape index (κ3) is 5.25. The number of nitrogens with zero attached hydrogens (tertiary/aromatic N) is 3. The maximum atomic E-state index is 13.5. The van der Waals surface area contributed by atoms with Crippen LogP contribution in [0, 0.1) is 13.8 Å². The number of ether oxygens (including phenoxy) is 2. The molecule has 35 heavy (non-hydrogen) atoms. The van der Waals surface area contributed by atoms with Crippen molar-refractivity contribution in [1.29, 1.82) is 0 Å². The Kier molecular flexibility index (Phi) is 7.41. The third-order valence-electron chi connectivity index (χ3n) is 4.55. The Hall–Kier alpha value is -3.19. The van der Waals surface area contributed by atoms with Gasteiger partial charge < -0.3 is 14.8 Å². The van der Waals surface area contributed by atoms with Crippen LogP contribution in [0.3, 0.4) is 0 Å². The SMILES string of the molecule is CCOC(=O)c1sc(NC(=O)c2nn3c(C(F)(F)F)cc(C)nc3c2Cl)c(C(=O)OC(C)C)c1C. The quantitative estimate of drug-likeness (QED) is 0.441. The van der Waals surface area contributed by atoms with Gasteiger partial charge in [-0.05, 0) is 46.2 Å². The Morgan fingerprint density at radius 3 is 2.46 bits per heavy atom. The van der Waals surface area contributed by atoms with Gasteiger partial charge in [-0.2, -0.15) is 18.3 Å². The van der Waals surface area contributed by atoms with Crippen LogP contribution >= 0.6 is 22.9 Å².